The van der Waals surface area contributed by atoms with Gasteiger partial charge in [-0.1, -0.05) is 13.0 Å². The Bertz CT molecular complexity index is 425. The summed E-state index contributed by atoms with van der Waals surface area (Å²) in [6.07, 6.45) is 1.76. The molecule has 2 aromatic heterocycles. The third kappa shape index (κ3) is 2.87. The lowest BCUT2D eigenvalue weighted by Crippen LogP contribution is -2.02. The molecule has 3 nitrogen and oxygen atoms in total. The Morgan fingerprint density at radius 3 is 3.19 bits per heavy atom. The molecular formula is C11H13NO2S2. The molecule has 1 N–H and O–H groups in total. The van der Waals surface area contributed by atoms with Crippen molar-refractivity contribution in [2.75, 3.05) is 6.61 Å². The molecule has 1 atom stereocenters. The topological polar surface area (TPSA) is 46.3 Å². The maximum absolute atomic E-state index is 8.90. The van der Waals surface area contributed by atoms with Crippen LogP contribution in [0.1, 0.15) is 12.8 Å². The summed E-state index contributed by atoms with van der Waals surface area (Å²) in [6, 6.07) is 4.00. The number of hydrogen-bond donors (Lipinski definition) is 1. The molecule has 0 fully saturated rings. The summed E-state index contributed by atoms with van der Waals surface area (Å²) in [7, 11) is 0. The molecule has 2 heterocycles. The van der Waals surface area contributed by atoms with Crippen LogP contribution in [0.2, 0.25) is 0 Å². The molecule has 0 aromatic carbocycles. The molecule has 2 rings (SSSR count). The lowest BCUT2D eigenvalue weighted by molar-refractivity contribution is 0.300. The van der Waals surface area contributed by atoms with Crippen LogP contribution >= 0.6 is 23.1 Å². The predicted molar refractivity (Wildman–Crippen MR) is 67.7 cm³/mol. The number of aliphatic hydroxyl groups excluding tert-OH is 1. The highest BCUT2D eigenvalue weighted by Gasteiger charge is 2.08. The van der Waals surface area contributed by atoms with Crippen molar-refractivity contribution in [3.05, 3.63) is 29.6 Å². The first kappa shape index (κ1) is 11.7. The maximum Gasteiger partial charge on any atom is 0.204 e. The molecule has 5 heteroatoms. The number of nitrogens with zero attached hydrogens (tertiary/aromatic N) is 1. The average molecular weight is 255 g/mol. The number of oxazole rings is 1. The van der Waals surface area contributed by atoms with Crippen molar-refractivity contribution in [1.82, 2.24) is 4.98 Å². The minimum Gasteiger partial charge on any atom is -0.439 e. The first-order valence-electron chi connectivity index (χ1n) is 5.00. The fourth-order valence-corrected chi connectivity index (χ4v) is 2.51. The van der Waals surface area contributed by atoms with E-state index in [4.69, 9.17) is 9.52 Å². The van der Waals surface area contributed by atoms with E-state index in [1.807, 2.05) is 24.4 Å². The Hall–Kier alpha value is -0.780. The van der Waals surface area contributed by atoms with E-state index < -0.39 is 0 Å². The quantitative estimate of drug-likeness (QED) is 0.892. The van der Waals surface area contributed by atoms with Gasteiger partial charge in [-0.25, -0.2) is 4.98 Å². The van der Waals surface area contributed by atoms with Crippen molar-refractivity contribution in [2.24, 2.45) is 0 Å². The van der Waals surface area contributed by atoms with Crippen LogP contribution in [0.25, 0.3) is 10.6 Å². The molecular weight excluding hydrogens is 242 g/mol. The van der Waals surface area contributed by atoms with Gasteiger partial charge in [0.15, 0.2) is 5.76 Å². The van der Waals surface area contributed by atoms with E-state index >= 15 is 0 Å². The number of aromatic nitrogens is 1. The molecule has 0 bridgehead atoms. The van der Waals surface area contributed by atoms with Crippen molar-refractivity contribution < 1.29 is 9.52 Å². The highest BCUT2D eigenvalue weighted by atomic mass is 32.2. The Kier molecular flexibility index (Phi) is 4.04. The molecule has 0 radical (unpaired) electrons. The molecule has 86 valence electrons. The van der Waals surface area contributed by atoms with Crippen molar-refractivity contribution in [3.63, 3.8) is 0 Å². The van der Waals surface area contributed by atoms with Gasteiger partial charge >= 0.3 is 0 Å². The van der Waals surface area contributed by atoms with E-state index in [0.29, 0.717) is 11.6 Å². The second kappa shape index (κ2) is 5.52. The maximum atomic E-state index is 8.90. The number of thioether (sulfide) groups is 1. The van der Waals surface area contributed by atoms with E-state index in [1.54, 1.807) is 29.3 Å². The zero-order valence-corrected chi connectivity index (χ0v) is 10.6. The first-order chi connectivity index (χ1) is 7.79. The van der Waals surface area contributed by atoms with Crippen LogP contribution in [0.5, 0.6) is 0 Å². The van der Waals surface area contributed by atoms with Crippen molar-refractivity contribution in [3.8, 4) is 10.6 Å². The number of rotatable bonds is 5. The molecule has 0 saturated heterocycles. The molecule has 0 spiro atoms. The first-order valence-corrected chi connectivity index (χ1v) is 6.93. The van der Waals surface area contributed by atoms with Gasteiger partial charge in [0, 0.05) is 5.25 Å². The van der Waals surface area contributed by atoms with Crippen LogP contribution < -0.4 is 0 Å². The summed E-state index contributed by atoms with van der Waals surface area (Å²) in [4.78, 5) is 5.31. The van der Waals surface area contributed by atoms with Crippen molar-refractivity contribution in [1.29, 1.82) is 0 Å². The summed E-state index contributed by atoms with van der Waals surface area (Å²) in [5.74, 6) is 2.24. The van der Waals surface area contributed by atoms with Gasteiger partial charge < -0.3 is 9.52 Å². The van der Waals surface area contributed by atoms with Gasteiger partial charge in [0.1, 0.15) is 0 Å². The van der Waals surface area contributed by atoms with E-state index in [0.717, 1.165) is 10.6 Å². The van der Waals surface area contributed by atoms with Crippen LogP contribution in [0.3, 0.4) is 0 Å². The van der Waals surface area contributed by atoms with Crippen LogP contribution in [0, 0.1) is 0 Å². The average Bonchev–Trinajstić information content (AvgIpc) is 2.95. The highest BCUT2D eigenvalue weighted by Crippen LogP contribution is 2.26. The molecule has 16 heavy (non-hydrogen) atoms. The Morgan fingerprint density at radius 1 is 1.62 bits per heavy atom. The number of thiophene rings is 1. The fraction of sp³-hybridized carbons (Fsp3) is 0.364. The van der Waals surface area contributed by atoms with Crippen LogP contribution in [-0.4, -0.2) is 21.9 Å². The van der Waals surface area contributed by atoms with Gasteiger partial charge in [-0.05, 0) is 11.4 Å². The summed E-state index contributed by atoms with van der Waals surface area (Å²) < 4.78 is 5.62. The third-order valence-corrected chi connectivity index (χ3v) is 4.08. The third-order valence-electron chi connectivity index (χ3n) is 2.07. The zero-order chi connectivity index (χ0) is 11.4. The summed E-state index contributed by atoms with van der Waals surface area (Å²) in [5.41, 5.74) is 0. The van der Waals surface area contributed by atoms with E-state index in [9.17, 15) is 0 Å². The minimum atomic E-state index is 0.184. The Morgan fingerprint density at radius 2 is 2.50 bits per heavy atom. The second-order valence-electron chi connectivity index (χ2n) is 3.40. The second-order valence-corrected chi connectivity index (χ2v) is 5.77. The standard InChI is InChI=1S/C11H13NO2S2/c1-8(6-13)16-7-11-12-5-9(14-11)10-3-2-4-15-10/h2-5,8,13H,6-7H2,1H3/t8-/m0/s1. The summed E-state index contributed by atoms with van der Waals surface area (Å²) in [5, 5.41) is 11.1. The Labute approximate surface area is 103 Å². The van der Waals surface area contributed by atoms with Gasteiger partial charge in [0.25, 0.3) is 0 Å². The molecule has 2 aromatic rings. The number of hydrogen-bond acceptors (Lipinski definition) is 5. The van der Waals surface area contributed by atoms with Crippen LogP contribution in [0.15, 0.2) is 28.1 Å². The monoisotopic (exact) mass is 255 g/mol. The normalized spacial score (nSPS) is 12.9. The molecule has 0 unspecified atom stereocenters. The molecule has 0 aliphatic carbocycles. The van der Waals surface area contributed by atoms with Gasteiger partial charge in [0.2, 0.25) is 5.89 Å². The minimum absolute atomic E-state index is 0.184. The van der Waals surface area contributed by atoms with Crippen LogP contribution in [0.4, 0.5) is 0 Å². The van der Waals surface area contributed by atoms with Gasteiger partial charge in [0.05, 0.1) is 23.4 Å². The van der Waals surface area contributed by atoms with E-state index in [2.05, 4.69) is 4.98 Å². The predicted octanol–water partition coefficient (Wildman–Crippen LogP) is 3.02. The smallest absolute Gasteiger partial charge is 0.204 e. The molecule has 0 aliphatic rings. The van der Waals surface area contributed by atoms with E-state index in [1.165, 1.54) is 0 Å². The molecule has 0 amide bonds. The van der Waals surface area contributed by atoms with Gasteiger partial charge in [-0.15, -0.1) is 23.1 Å². The highest BCUT2D eigenvalue weighted by molar-refractivity contribution is 7.99. The van der Waals surface area contributed by atoms with Crippen LogP contribution in [-0.2, 0) is 5.75 Å². The lowest BCUT2D eigenvalue weighted by atomic mass is 10.4. The summed E-state index contributed by atoms with van der Waals surface area (Å²) in [6.45, 7) is 2.16. The van der Waals surface area contributed by atoms with Crippen molar-refractivity contribution in [2.45, 2.75) is 17.9 Å². The lowest BCUT2D eigenvalue weighted by Gasteiger charge is -2.03. The molecule has 0 saturated carbocycles. The number of aliphatic hydroxyl groups is 1. The summed E-state index contributed by atoms with van der Waals surface area (Å²) >= 11 is 3.27. The Balaban J connectivity index is 1.98. The van der Waals surface area contributed by atoms with E-state index in [-0.39, 0.29) is 11.9 Å². The van der Waals surface area contributed by atoms with Gasteiger partial charge in [-0.3, -0.25) is 0 Å². The largest absolute Gasteiger partial charge is 0.439 e. The van der Waals surface area contributed by atoms with Crippen molar-refractivity contribution >= 4 is 23.1 Å². The molecule has 0 aliphatic heterocycles. The zero-order valence-electron chi connectivity index (χ0n) is 8.92. The fourth-order valence-electron chi connectivity index (χ4n) is 1.18. The van der Waals surface area contributed by atoms with Gasteiger partial charge in [-0.2, -0.15) is 0 Å². The SMILES string of the molecule is C[C@@H](CO)SCc1ncc(-c2cccs2)o1.